The van der Waals surface area contributed by atoms with Crippen molar-refractivity contribution in [3.63, 3.8) is 0 Å². The summed E-state index contributed by atoms with van der Waals surface area (Å²) in [6.07, 6.45) is 1.04. The Bertz CT molecular complexity index is 447. The Hall–Kier alpha value is -0.850. The molecule has 0 unspecified atom stereocenters. The Morgan fingerprint density at radius 1 is 1.19 bits per heavy atom. The first-order valence-corrected chi connectivity index (χ1v) is 7.28. The second kappa shape index (κ2) is 9.97. The Labute approximate surface area is 144 Å². The van der Waals surface area contributed by atoms with E-state index in [4.69, 9.17) is 0 Å². The summed E-state index contributed by atoms with van der Waals surface area (Å²) < 4.78 is 13.9. The van der Waals surface area contributed by atoms with Gasteiger partial charge in [-0.05, 0) is 25.0 Å². The molecule has 1 rings (SSSR count). The maximum absolute atomic E-state index is 13.9. The third-order valence-electron chi connectivity index (χ3n) is 3.12. The molecular weight excluding hydrogens is 380 g/mol. The standard InChI is InChI=1S/C16H26FN3.HI/c1-5-11-19-15(18-6-2)20-12-16(3,4)13-9-7-8-10-14(13)17;/h7-10H,5-6,11-12H2,1-4H3,(H2,18,19,20);1H. The monoisotopic (exact) mass is 407 g/mol. The van der Waals surface area contributed by atoms with Gasteiger partial charge in [0.25, 0.3) is 0 Å². The van der Waals surface area contributed by atoms with E-state index in [0.717, 1.165) is 25.5 Å². The molecule has 0 saturated carbocycles. The van der Waals surface area contributed by atoms with E-state index in [1.807, 2.05) is 32.9 Å². The van der Waals surface area contributed by atoms with Gasteiger partial charge in [0.2, 0.25) is 0 Å². The SMILES string of the molecule is CCCNC(=NCC(C)(C)c1ccccc1F)NCC.I. The number of nitrogens with zero attached hydrogens (tertiary/aromatic N) is 1. The molecule has 0 radical (unpaired) electrons. The van der Waals surface area contributed by atoms with Crippen LogP contribution >= 0.6 is 24.0 Å². The van der Waals surface area contributed by atoms with Crippen molar-refractivity contribution in [1.82, 2.24) is 10.6 Å². The smallest absolute Gasteiger partial charge is 0.191 e. The van der Waals surface area contributed by atoms with Gasteiger partial charge in [-0.2, -0.15) is 0 Å². The van der Waals surface area contributed by atoms with Gasteiger partial charge in [0.05, 0.1) is 6.54 Å². The first kappa shape index (κ1) is 20.1. The van der Waals surface area contributed by atoms with Crippen LogP contribution in [0.5, 0.6) is 0 Å². The van der Waals surface area contributed by atoms with Crippen LogP contribution in [0, 0.1) is 5.82 Å². The fourth-order valence-corrected chi connectivity index (χ4v) is 1.96. The van der Waals surface area contributed by atoms with Crippen LogP contribution in [0.3, 0.4) is 0 Å². The average Bonchev–Trinajstić information content (AvgIpc) is 2.42. The van der Waals surface area contributed by atoms with E-state index in [0.29, 0.717) is 12.1 Å². The number of halogens is 2. The van der Waals surface area contributed by atoms with Crippen molar-refractivity contribution >= 4 is 29.9 Å². The van der Waals surface area contributed by atoms with Gasteiger partial charge < -0.3 is 10.6 Å². The number of hydrogen-bond acceptors (Lipinski definition) is 1. The van der Waals surface area contributed by atoms with E-state index in [1.165, 1.54) is 6.07 Å². The Balaban J connectivity index is 0.00000400. The molecule has 0 aliphatic rings. The molecule has 5 heteroatoms. The zero-order chi connectivity index (χ0) is 15.0. The fourth-order valence-electron chi connectivity index (χ4n) is 1.96. The molecule has 1 aromatic carbocycles. The van der Waals surface area contributed by atoms with Crippen molar-refractivity contribution in [2.45, 2.75) is 39.5 Å². The van der Waals surface area contributed by atoms with Crippen LogP contribution in [0.2, 0.25) is 0 Å². The van der Waals surface area contributed by atoms with Crippen LogP contribution in [0.15, 0.2) is 29.3 Å². The molecule has 0 fully saturated rings. The van der Waals surface area contributed by atoms with E-state index >= 15 is 0 Å². The molecule has 0 aliphatic heterocycles. The Morgan fingerprint density at radius 2 is 1.86 bits per heavy atom. The van der Waals surface area contributed by atoms with Crippen molar-refractivity contribution in [2.24, 2.45) is 4.99 Å². The molecular formula is C16H27FIN3. The largest absolute Gasteiger partial charge is 0.357 e. The third-order valence-corrected chi connectivity index (χ3v) is 3.12. The topological polar surface area (TPSA) is 36.4 Å². The fraction of sp³-hybridized carbons (Fsp3) is 0.562. The molecule has 3 nitrogen and oxygen atoms in total. The quantitative estimate of drug-likeness (QED) is 0.429. The van der Waals surface area contributed by atoms with Crippen LogP contribution in [-0.4, -0.2) is 25.6 Å². The van der Waals surface area contributed by atoms with Gasteiger partial charge in [-0.1, -0.05) is 39.0 Å². The zero-order valence-electron chi connectivity index (χ0n) is 13.4. The molecule has 0 amide bonds. The molecule has 0 aromatic heterocycles. The highest BCUT2D eigenvalue weighted by Crippen LogP contribution is 2.25. The van der Waals surface area contributed by atoms with Crippen LogP contribution in [0.1, 0.15) is 39.7 Å². The highest BCUT2D eigenvalue weighted by atomic mass is 127. The summed E-state index contributed by atoms with van der Waals surface area (Å²) >= 11 is 0. The minimum Gasteiger partial charge on any atom is -0.357 e. The zero-order valence-corrected chi connectivity index (χ0v) is 15.7. The predicted molar refractivity (Wildman–Crippen MR) is 99.1 cm³/mol. The number of hydrogen-bond donors (Lipinski definition) is 2. The summed E-state index contributed by atoms with van der Waals surface area (Å²) in [6, 6.07) is 6.91. The van der Waals surface area contributed by atoms with Gasteiger partial charge in [0.15, 0.2) is 5.96 Å². The molecule has 0 bridgehead atoms. The number of nitrogens with one attached hydrogen (secondary N) is 2. The van der Waals surface area contributed by atoms with E-state index in [1.54, 1.807) is 6.07 Å². The summed E-state index contributed by atoms with van der Waals surface area (Å²) in [6.45, 7) is 10.4. The number of guanidine groups is 1. The average molecular weight is 407 g/mol. The Morgan fingerprint density at radius 3 is 2.43 bits per heavy atom. The van der Waals surface area contributed by atoms with Crippen molar-refractivity contribution in [1.29, 1.82) is 0 Å². The van der Waals surface area contributed by atoms with Crippen molar-refractivity contribution in [2.75, 3.05) is 19.6 Å². The van der Waals surface area contributed by atoms with Gasteiger partial charge in [-0.15, -0.1) is 24.0 Å². The van der Waals surface area contributed by atoms with Crippen molar-refractivity contribution in [3.8, 4) is 0 Å². The van der Waals surface area contributed by atoms with Gasteiger partial charge in [0.1, 0.15) is 5.82 Å². The van der Waals surface area contributed by atoms with E-state index in [-0.39, 0.29) is 35.2 Å². The van der Waals surface area contributed by atoms with Crippen LogP contribution in [0.25, 0.3) is 0 Å². The maximum atomic E-state index is 13.9. The van der Waals surface area contributed by atoms with Gasteiger partial charge in [-0.25, -0.2) is 4.39 Å². The van der Waals surface area contributed by atoms with Gasteiger partial charge >= 0.3 is 0 Å². The minimum absolute atomic E-state index is 0. The minimum atomic E-state index is -0.333. The molecule has 0 spiro atoms. The van der Waals surface area contributed by atoms with E-state index < -0.39 is 0 Å². The number of aliphatic imine (C=N–C) groups is 1. The van der Waals surface area contributed by atoms with E-state index in [2.05, 4.69) is 22.5 Å². The first-order chi connectivity index (χ1) is 9.51. The summed E-state index contributed by atoms with van der Waals surface area (Å²) in [5.74, 6) is 0.623. The maximum Gasteiger partial charge on any atom is 0.191 e. The lowest BCUT2D eigenvalue weighted by molar-refractivity contribution is 0.492. The third kappa shape index (κ3) is 6.63. The second-order valence-electron chi connectivity index (χ2n) is 5.49. The first-order valence-electron chi connectivity index (χ1n) is 7.28. The van der Waals surface area contributed by atoms with Crippen LogP contribution in [-0.2, 0) is 5.41 Å². The molecule has 1 aromatic rings. The molecule has 0 atom stereocenters. The molecule has 0 aliphatic carbocycles. The van der Waals surface area contributed by atoms with Gasteiger partial charge in [-0.3, -0.25) is 4.99 Å². The number of benzene rings is 1. The van der Waals surface area contributed by atoms with Crippen LogP contribution < -0.4 is 10.6 Å². The molecule has 0 saturated heterocycles. The molecule has 0 heterocycles. The lowest BCUT2D eigenvalue weighted by Gasteiger charge is -2.24. The highest BCUT2D eigenvalue weighted by molar-refractivity contribution is 14.0. The summed E-state index contributed by atoms with van der Waals surface area (Å²) in [7, 11) is 0. The molecule has 2 N–H and O–H groups in total. The molecule has 21 heavy (non-hydrogen) atoms. The second-order valence-corrected chi connectivity index (χ2v) is 5.49. The van der Waals surface area contributed by atoms with Gasteiger partial charge in [0, 0.05) is 18.5 Å². The highest BCUT2D eigenvalue weighted by Gasteiger charge is 2.23. The number of rotatable bonds is 6. The summed E-state index contributed by atoms with van der Waals surface area (Å²) in [5, 5.41) is 6.46. The van der Waals surface area contributed by atoms with Crippen molar-refractivity contribution in [3.05, 3.63) is 35.6 Å². The molecule has 120 valence electrons. The lowest BCUT2D eigenvalue weighted by Crippen LogP contribution is -2.38. The predicted octanol–water partition coefficient (Wildman–Crippen LogP) is 3.69. The lowest BCUT2D eigenvalue weighted by atomic mass is 9.84. The normalized spacial score (nSPS) is 11.8. The van der Waals surface area contributed by atoms with Crippen molar-refractivity contribution < 1.29 is 4.39 Å². The van der Waals surface area contributed by atoms with E-state index in [9.17, 15) is 4.39 Å². The van der Waals surface area contributed by atoms with Crippen LogP contribution in [0.4, 0.5) is 4.39 Å². The Kier molecular flexibility index (Phi) is 9.57. The summed E-state index contributed by atoms with van der Waals surface area (Å²) in [5.41, 5.74) is 0.370. The summed E-state index contributed by atoms with van der Waals surface area (Å²) in [4.78, 5) is 4.57.